The van der Waals surface area contributed by atoms with E-state index < -0.39 is 0 Å². The number of nitrogens with zero attached hydrogens (tertiary/aromatic N) is 4. The lowest BCUT2D eigenvalue weighted by Crippen LogP contribution is -2.38. The molecule has 6 nitrogen and oxygen atoms in total. The Balaban J connectivity index is 1.88. The van der Waals surface area contributed by atoms with Gasteiger partial charge >= 0.3 is 0 Å². The Bertz CT molecular complexity index is 714. The van der Waals surface area contributed by atoms with Crippen LogP contribution in [0.4, 0.5) is 0 Å². The molecule has 1 fully saturated rings. The van der Waals surface area contributed by atoms with Gasteiger partial charge in [0.15, 0.2) is 5.82 Å². The number of likely N-dealkylation sites (tertiary alicyclic amines) is 1. The van der Waals surface area contributed by atoms with E-state index in [9.17, 15) is 4.79 Å². The topological polar surface area (TPSA) is 74.8 Å². The Morgan fingerprint density at radius 3 is 2.95 bits per heavy atom. The van der Waals surface area contributed by atoms with Crippen molar-refractivity contribution in [2.24, 2.45) is 0 Å². The second-order valence-electron chi connectivity index (χ2n) is 5.19. The van der Waals surface area contributed by atoms with Crippen molar-refractivity contribution in [3.05, 3.63) is 30.5 Å². The molecule has 112 valence electrons. The van der Waals surface area contributed by atoms with Crippen molar-refractivity contribution in [1.29, 1.82) is 0 Å². The molecule has 0 radical (unpaired) electrons. The summed E-state index contributed by atoms with van der Waals surface area (Å²) >= 11 is 0. The van der Waals surface area contributed by atoms with Crippen LogP contribution in [0.15, 0.2) is 24.8 Å². The Morgan fingerprint density at radius 1 is 1.32 bits per heavy atom. The van der Waals surface area contributed by atoms with Crippen LogP contribution < -0.4 is 0 Å². The second kappa shape index (κ2) is 6.39. The second-order valence-corrected chi connectivity index (χ2v) is 5.19. The third kappa shape index (κ3) is 2.84. The van der Waals surface area contributed by atoms with Crippen molar-refractivity contribution in [3.8, 4) is 23.4 Å². The van der Waals surface area contributed by atoms with Crippen molar-refractivity contribution in [1.82, 2.24) is 24.8 Å². The fourth-order valence-corrected chi connectivity index (χ4v) is 2.80. The minimum atomic E-state index is -0.115. The van der Waals surface area contributed by atoms with Crippen molar-refractivity contribution in [2.75, 3.05) is 13.1 Å². The number of hydrogen-bond donors (Lipinski definition) is 1. The molecule has 0 bridgehead atoms. The molecule has 2 aromatic rings. The number of hydrogen-bond acceptors (Lipinski definition) is 4. The summed E-state index contributed by atoms with van der Waals surface area (Å²) in [6.07, 6.45) is 8.73. The van der Waals surface area contributed by atoms with Gasteiger partial charge in [-0.15, -0.1) is 0 Å². The Hall–Kier alpha value is -2.68. The van der Waals surface area contributed by atoms with Gasteiger partial charge < -0.3 is 9.88 Å². The van der Waals surface area contributed by atoms with Gasteiger partial charge in [0.2, 0.25) is 0 Å². The summed E-state index contributed by atoms with van der Waals surface area (Å²) in [5, 5.41) is 0. The van der Waals surface area contributed by atoms with Crippen LogP contribution in [-0.2, 0) is 4.79 Å². The number of amides is 1. The van der Waals surface area contributed by atoms with Crippen LogP contribution in [-0.4, -0.2) is 43.8 Å². The van der Waals surface area contributed by atoms with Crippen molar-refractivity contribution >= 4 is 5.91 Å². The number of carbonyl (C=O) groups excluding carboxylic acids is 1. The van der Waals surface area contributed by atoms with Crippen LogP contribution in [0.3, 0.4) is 0 Å². The average Bonchev–Trinajstić information content (AvgIpc) is 3.09. The van der Waals surface area contributed by atoms with Crippen LogP contribution >= 0.6 is 0 Å². The van der Waals surface area contributed by atoms with Gasteiger partial charge in [-0.1, -0.05) is 5.92 Å². The summed E-state index contributed by atoms with van der Waals surface area (Å²) in [5.74, 6) is 6.03. The largest absolute Gasteiger partial charge is 0.343 e. The maximum Gasteiger partial charge on any atom is 0.298 e. The Kier molecular flexibility index (Phi) is 4.15. The van der Waals surface area contributed by atoms with E-state index in [1.807, 2.05) is 0 Å². The lowest BCUT2D eigenvalue weighted by Gasteiger charge is -2.31. The standard InChI is InChI=1S/C16H17N5O/c1-2-4-13(22)21-10-3-5-12(11-21)14-15(18-7-6-17-14)16-19-8-9-20-16/h6-9,12H,3,5,10-11H2,1H3,(H,19,20). The Morgan fingerprint density at radius 2 is 2.18 bits per heavy atom. The zero-order chi connectivity index (χ0) is 15.4. The van der Waals surface area contributed by atoms with Gasteiger partial charge in [0.05, 0.1) is 5.69 Å². The highest BCUT2D eigenvalue weighted by atomic mass is 16.2. The predicted octanol–water partition coefficient (Wildman–Crippen LogP) is 1.60. The average molecular weight is 295 g/mol. The molecule has 3 rings (SSSR count). The molecule has 3 heterocycles. The molecule has 0 aromatic carbocycles. The number of piperidine rings is 1. The summed E-state index contributed by atoms with van der Waals surface area (Å²) in [4.78, 5) is 30.0. The fraction of sp³-hybridized carbons (Fsp3) is 0.375. The maximum atomic E-state index is 12.0. The van der Waals surface area contributed by atoms with Crippen LogP contribution in [0.1, 0.15) is 31.4 Å². The fourth-order valence-electron chi connectivity index (χ4n) is 2.80. The molecule has 0 saturated carbocycles. The van der Waals surface area contributed by atoms with Crippen molar-refractivity contribution < 1.29 is 4.79 Å². The smallest absolute Gasteiger partial charge is 0.298 e. The molecule has 2 aromatic heterocycles. The third-order valence-electron chi connectivity index (χ3n) is 3.78. The summed E-state index contributed by atoms with van der Waals surface area (Å²) in [7, 11) is 0. The van der Waals surface area contributed by atoms with Gasteiger partial charge in [-0.05, 0) is 25.7 Å². The van der Waals surface area contributed by atoms with E-state index >= 15 is 0 Å². The first-order valence-corrected chi connectivity index (χ1v) is 7.32. The monoisotopic (exact) mass is 295 g/mol. The molecule has 6 heteroatoms. The zero-order valence-electron chi connectivity index (χ0n) is 12.4. The first-order valence-electron chi connectivity index (χ1n) is 7.32. The molecule has 1 amide bonds. The van der Waals surface area contributed by atoms with Gasteiger partial charge in [0.25, 0.3) is 5.91 Å². The molecular formula is C16H17N5O. The molecule has 1 saturated heterocycles. The normalized spacial score (nSPS) is 17.7. The molecule has 1 unspecified atom stereocenters. The minimum Gasteiger partial charge on any atom is -0.343 e. The SMILES string of the molecule is CC#CC(=O)N1CCCC(c2nccnc2-c2ncc[nH]2)C1. The van der Waals surface area contributed by atoms with Crippen LogP contribution in [0.2, 0.25) is 0 Å². The Labute approximate surface area is 129 Å². The van der Waals surface area contributed by atoms with Crippen LogP contribution in [0.5, 0.6) is 0 Å². The quantitative estimate of drug-likeness (QED) is 0.854. The molecule has 0 aliphatic carbocycles. The molecule has 1 N–H and O–H groups in total. The van der Waals surface area contributed by atoms with Gasteiger partial charge in [-0.2, -0.15) is 0 Å². The highest BCUT2D eigenvalue weighted by Crippen LogP contribution is 2.30. The van der Waals surface area contributed by atoms with E-state index in [-0.39, 0.29) is 11.8 Å². The number of H-pyrrole nitrogens is 1. The predicted molar refractivity (Wildman–Crippen MR) is 81.6 cm³/mol. The third-order valence-corrected chi connectivity index (χ3v) is 3.78. The van der Waals surface area contributed by atoms with Gasteiger partial charge in [0.1, 0.15) is 5.69 Å². The number of imidazole rings is 1. The van der Waals surface area contributed by atoms with Gasteiger partial charge in [-0.25, -0.2) is 9.97 Å². The van der Waals surface area contributed by atoms with Gasteiger partial charge in [-0.3, -0.25) is 9.78 Å². The first-order chi connectivity index (χ1) is 10.8. The first kappa shape index (κ1) is 14.3. The lowest BCUT2D eigenvalue weighted by molar-refractivity contribution is -0.126. The number of rotatable bonds is 2. The van der Waals surface area contributed by atoms with E-state index in [0.29, 0.717) is 12.4 Å². The van der Waals surface area contributed by atoms with E-state index in [1.165, 1.54) is 0 Å². The van der Waals surface area contributed by atoms with Crippen LogP contribution in [0.25, 0.3) is 11.5 Å². The van der Waals surface area contributed by atoms with E-state index in [2.05, 4.69) is 31.8 Å². The summed E-state index contributed by atoms with van der Waals surface area (Å²) < 4.78 is 0. The highest BCUT2D eigenvalue weighted by Gasteiger charge is 2.27. The summed E-state index contributed by atoms with van der Waals surface area (Å²) in [5.41, 5.74) is 1.65. The van der Waals surface area contributed by atoms with Crippen LogP contribution in [0, 0.1) is 11.8 Å². The molecular weight excluding hydrogens is 278 g/mol. The van der Waals surface area contributed by atoms with Gasteiger partial charge in [0, 0.05) is 43.8 Å². The summed E-state index contributed by atoms with van der Waals surface area (Å²) in [6, 6.07) is 0. The molecule has 1 aliphatic rings. The lowest BCUT2D eigenvalue weighted by atomic mass is 9.93. The molecule has 0 spiro atoms. The molecule has 1 atom stereocenters. The number of carbonyl (C=O) groups is 1. The zero-order valence-corrected chi connectivity index (χ0v) is 12.4. The maximum absolute atomic E-state index is 12.0. The summed E-state index contributed by atoms with van der Waals surface area (Å²) in [6.45, 7) is 3.05. The molecule has 22 heavy (non-hydrogen) atoms. The number of nitrogens with one attached hydrogen (secondary N) is 1. The van der Waals surface area contributed by atoms with Crippen molar-refractivity contribution in [2.45, 2.75) is 25.7 Å². The minimum absolute atomic E-state index is 0.115. The van der Waals surface area contributed by atoms with E-state index in [1.54, 1.807) is 36.6 Å². The van der Waals surface area contributed by atoms with Crippen molar-refractivity contribution in [3.63, 3.8) is 0 Å². The van der Waals surface area contributed by atoms with E-state index in [0.717, 1.165) is 30.8 Å². The highest BCUT2D eigenvalue weighted by molar-refractivity contribution is 5.93. The number of aromatic amines is 1. The number of aromatic nitrogens is 4. The van der Waals surface area contributed by atoms with E-state index in [4.69, 9.17) is 0 Å². The molecule has 1 aliphatic heterocycles.